The highest BCUT2D eigenvalue weighted by Gasteiger charge is 2.30. The molecule has 2 heteroatoms. The molecule has 0 aliphatic heterocycles. The summed E-state index contributed by atoms with van der Waals surface area (Å²) in [4.78, 5) is 0. The number of allylic oxidation sites excluding steroid dienone is 9. The summed E-state index contributed by atoms with van der Waals surface area (Å²) in [5, 5.41) is 7.52. The molecule has 2 nitrogen and oxygen atoms in total. The fourth-order valence-electron chi connectivity index (χ4n) is 3.88. The third kappa shape index (κ3) is 3.38. The second-order valence-electron chi connectivity index (χ2n) is 6.64. The van der Waals surface area contributed by atoms with E-state index in [4.69, 9.17) is 11.1 Å². The van der Waals surface area contributed by atoms with Crippen LogP contribution in [-0.4, -0.2) is 12.3 Å². The van der Waals surface area contributed by atoms with Crippen LogP contribution in [0.1, 0.15) is 32.1 Å². The molecule has 0 aromatic heterocycles. The maximum Gasteiger partial charge on any atom is 0.0608 e. The SMILES string of the molecule is N=CC(N)C1=CC(C2=CCCC=C2)CC(C2C=CC=CC2)C1. The van der Waals surface area contributed by atoms with Gasteiger partial charge >= 0.3 is 0 Å². The Morgan fingerprint density at radius 3 is 2.82 bits per heavy atom. The van der Waals surface area contributed by atoms with Gasteiger partial charge in [0.05, 0.1) is 6.04 Å². The fraction of sp³-hybridized carbons (Fsp3) is 0.450. The molecule has 4 atom stereocenters. The highest BCUT2D eigenvalue weighted by atomic mass is 14.7. The number of hydrogen-bond donors (Lipinski definition) is 2. The molecule has 0 amide bonds. The fourth-order valence-corrected chi connectivity index (χ4v) is 3.88. The van der Waals surface area contributed by atoms with Gasteiger partial charge < -0.3 is 11.1 Å². The summed E-state index contributed by atoms with van der Waals surface area (Å²) in [5.74, 6) is 1.71. The Bertz CT molecular complexity index is 562. The van der Waals surface area contributed by atoms with Crippen LogP contribution in [0, 0.1) is 23.2 Å². The van der Waals surface area contributed by atoms with E-state index in [1.165, 1.54) is 23.8 Å². The molecule has 0 saturated heterocycles. The van der Waals surface area contributed by atoms with E-state index in [9.17, 15) is 0 Å². The molecule has 3 rings (SSSR count). The first-order valence-corrected chi connectivity index (χ1v) is 8.44. The minimum Gasteiger partial charge on any atom is -0.320 e. The molecular formula is C20H26N2. The summed E-state index contributed by atoms with van der Waals surface area (Å²) in [6.45, 7) is 0. The van der Waals surface area contributed by atoms with Crippen LogP contribution >= 0.6 is 0 Å². The average molecular weight is 294 g/mol. The first kappa shape index (κ1) is 15.2. The van der Waals surface area contributed by atoms with Gasteiger partial charge in [-0.1, -0.05) is 54.2 Å². The summed E-state index contributed by atoms with van der Waals surface area (Å²) >= 11 is 0. The van der Waals surface area contributed by atoms with Crippen LogP contribution in [0.4, 0.5) is 0 Å². The lowest BCUT2D eigenvalue weighted by atomic mass is 9.70. The zero-order valence-corrected chi connectivity index (χ0v) is 13.1. The van der Waals surface area contributed by atoms with Crippen LogP contribution in [-0.2, 0) is 0 Å². The maximum absolute atomic E-state index is 7.52. The van der Waals surface area contributed by atoms with Gasteiger partial charge in [-0.3, -0.25) is 0 Å². The van der Waals surface area contributed by atoms with E-state index in [0.717, 1.165) is 25.7 Å². The van der Waals surface area contributed by atoms with Gasteiger partial charge in [0.2, 0.25) is 0 Å². The molecule has 3 aliphatic rings. The summed E-state index contributed by atoms with van der Waals surface area (Å²) in [7, 11) is 0. The van der Waals surface area contributed by atoms with Crippen LogP contribution in [0.25, 0.3) is 0 Å². The Kier molecular flexibility index (Phi) is 4.89. The van der Waals surface area contributed by atoms with Gasteiger partial charge in [-0.25, -0.2) is 0 Å². The first-order valence-electron chi connectivity index (χ1n) is 8.44. The monoisotopic (exact) mass is 294 g/mol. The molecule has 0 radical (unpaired) electrons. The Hall–Kier alpha value is -1.67. The Balaban J connectivity index is 1.83. The van der Waals surface area contributed by atoms with Gasteiger partial charge in [0.15, 0.2) is 0 Å². The smallest absolute Gasteiger partial charge is 0.0608 e. The van der Waals surface area contributed by atoms with Crippen molar-refractivity contribution in [2.24, 2.45) is 23.5 Å². The molecular weight excluding hydrogens is 268 g/mol. The molecule has 0 aromatic rings. The lowest BCUT2D eigenvalue weighted by Crippen LogP contribution is -2.31. The zero-order chi connectivity index (χ0) is 15.4. The molecule has 0 heterocycles. The predicted octanol–water partition coefficient (Wildman–Crippen LogP) is 4.32. The molecule has 3 aliphatic carbocycles. The molecule has 0 saturated carbocycles. The average Bonchev–Trinajstić information content (AvgIpc) is 2.62. The molecule has 22 heavy (non-hydrogen) atoms. The van der Waals surface area contributed by atoms with Crippen molar-refractivity contribution < 1.29 is 0 Å². The molecule has 0 bridgehead atoms. The van der Waals surface area contributed by atoms with Crippen LogP contribution in [0.3, 0.4) is 0 Å². The van der Waals surface area contributed by atoms with Gasteiger partial charge in [0.25, 0.3) is 0 Å². The Morgan fingerprint density at radius 1 is 1.23 bits per heavy atom. The van der Waals surface area contributed by atoms with Crippen molar-refractivity contribution in [1.29, 1.82) is 5.41 Å². The number of nitrogens with two attached hydrogens (primary N) is 1. The molecule has 116 valence electrons. The van der Waals surface area contributed by atoms with E-state index >= 15 is 0 Å². The molecule has 0 spiro atoms. The van der Waals surface area contributed by atoms with Crippen LogP contribution in [0.15, 0.2) is 59.8 Å². The normalized spacial score (nSPS) is 32.3. The van der Waals surface area contributed by atoms with Crippen LogP contribution in [0.2, 0.25) is 0 Å². The van der Waals surface area contributed by atoms with E-state index in [0.29, 0.717) is 17.8 Å². The Labute approximate surface area is 133 Å². The minimum absolute atomic E-state index is 0.221. The van der Waals surface area contributed by atoms with Crippen LogP contribution < -0.4 is 5.73 Å². The second-order valence-corrected chi connectivity index (χ2v) is 6.64. The van der Waals surface area contributed by atoms with Gasteiger partial charge in [0.1, 0.15) is 0 Å². The molecule has 0 fully saturated rings. The zero-order valence-electron chi connectivity index (χ0n) is 13.1. The standard InChI is InChI=1S/C20H26N2/c21-14-20(22)19-12-17(15-7-3-1-4-8-15)11-18(13-19)16-9-5-2-6-10-16/h1,3-5,7,9-10,13-15,17-18,20-21H,2,6,8,11-12,22H2. The van der Waals surface area contributed by atoms with Crippen molar-refractivity contribution in [1.82, 2.24) is 0 Å². The van der Waals surface area contributed by atoms with Crippen molar-refractivity contribution in [2.45, 2.75) is 38.1 Å². The van der Waals surface area contributed by atoms with E-state index in [1.807, 2.05) is 0 Å². The first-order chi connectivity index (χ1) is 10.8. The van der Waals surface area contributed by atoms with Crippen LogP contribution in [0.5, 0.6) is 0 Å². The molecule has 0 aromatic carbocycles. The van der Waals surface area contributed by atoms with Gasteiger partial charge in [-0.05, 0) is 49.5 Å². The van der Waals surface area contributed by atoms with Crippen molar-refractivity contribution in [3.05, 3.63) is 59.8 Å². The van der Waals surface area contributed by atoms with E-state index in [2.05, 4.69) is 48.6 Å². The largest absolute Gasteiger partial charge is 0.320 e. The highest BCUT2D eigenvalue weighted by molar-refractivity contribution is 5.66. The minimum atomic E-state index is -0.221. The summed E-state index contributed by atoms with van der Waals surface area (Å²) < 4.78 is 0. The van der Waals surface area contributed by atoms with Crippen molar-refractivity contribution >= 4 is 6.21 Å². The summed E-state index contributed by atoms with van der Waals surface area (Å²) in [6, 6.07) is -0.221. The number of nitrogens with one attached hydrogen (secondary N) is 1. The summed E-state index contributed by atoms with van der Waals surface area (Å²) in [6.07, 6.45) is 25.3. The van der Waals surface area contributed by atoms with Crippen molar-refractivity contribution in [3.63, 3.8) is 0 Å². The van der Waals surface area contributed by atoms with Gasteiger partial charge in [-0.15, -0.1) is 0 Å². The molecule has 3 N–H and O–H groups in total. The third-order valence-electron chi connectivity index (χ3n) is 5.15. The van der Waals surface area contributed by atoms with Gasteiger partial charge in [-0.2, -0.15) is 0 Å². The van der Waals surface area contributed by atoms with E-state index < -0.39 is 0 Å². The van der Waals surface area contributed by atoms with Crippen molar-refractivity contribution in [3.8, 4) is 0 Å². The topological polar surface area (TPSA) is 49.9 Å². The maximum atomic E-state index is 7.52. The highest BCUT2D eigenvalue weighted by Crippen LogP contribution is 2.40. The quantitative estimate of drug-likeness (QED) is 0.588. The number of rotatable bonds is 4. The predicted molar refractivity (Wildman–Crippen MR) is 93.9 cm³/mol. The lowest BCUT2D eigenvalue weighted by Gasteiger charge is -2.35. The second kappa shape index (κ2) is 7.06. The Morgan fingerprint density at radius 2 is 2.14 bits per heavy atom. The third-order valence-corrected chi connectivity index (χ3v) is 5.15. The van der Waals surface area contributed by atoms with Crippen molar-refractivity contribution in [2.75, 3.05) is 0 Å². The molecule has 4 unspecified atom stereocenters. The number of hydrogen-bond acceptors (Lipinski definition) is 2. The van der Waals surface area contributed by atoms with Gasteiger partial charge in [0, 0.05) is 12.1 Å². The van der Waals surface area contributed by atoms with E-state index in [1.54, 1.807) is 0 Å². The summed E-state index contributed by atoms with van der Waals surface area (Å²) in [5.41, 5.74) is 8.84. The lowest BCUT2D eigenvalue weighted by molar-refractivity contribution is 0.323. The van der Waals surface area contributed by atoms with E-state index in [-0.39, 0.29) is 6.04 Å².